The molecule has 0 saturated carbocycles. The maximum atomic E-state index is 11.1. The van der Waals surface area contributed by atoms with Crippen molar-refractivity contribution in [2.24, 2.45) is 0 Å². The highest BCUT2D eigenvalue weighted by atomic mass is 32.1. The molecule has 1 aromatic heterocycles. The summed E-state index contributed by atoms with van der Waals surface area (Å²) < 4.78 is 0. The Balaban J connectivity index is 2.19. The smallest absolute Gasteiger partial charge is 0.337 e. The molecule has 19 heavy (non-hydrogen) atoms. The third-order valence-corrected chi connectivity index (χ3v) is 3.58. The summed E-state index contributed by atoms with van der Waals surface area (Å²) in [5, 5.41) is 15.2. The largest absolute Gasteiger partial charge is 0.478 e. The van der Waals surface area contributed by atoms with Crippen molar-refractivity contribution in [3.8, 4) is 0 Å². The molecule has 1 heterocycles. The Bertz CT molecular complexity index is 622. The van der Waals surface area contributed by atoms with Crippen molar-refractivity contribution < 1.29 is 9.90 Å². The van der Waals surface area contributed by atoms with Crippen LogP contribution in [-0.2, 0) is 6.54 Å². The van der Waals surface area contributed by atoms with Crippen molar-refractivity contribution in [2.45, 2.75) is 20.4 Å². The Morgan fingerprint density at radius 3 is 2.79 bits per heavy atom. The zero-order valence-electron chi connectivity index (χ0n) is 10.7. The number of carboxylic acids is 1. The lowest BCUT2D eigenvalue weighted by Gasteiger charge is -2.10. The Morgan fingerprint density at radius 2 is 2.21 bits per heavy atom. The molecule has 0 bridgehead atoms. The van der Waals surface area contributed by atoms with E-state index in [1.807, 2.05) is 18.4 Å². The van der Waals surface area contributed by atoms with Gasteiger partial charge in [-0.25, -0.2) is 9.78 Å². The van der Waals surface area contributed by atoms with Gasteiger partial charge in [-0.2, -0.15) is 0 Å². The summed E-state index contributed by atoms with van der Waals surface area (Å²) in [6.07, 6.45) is 0. The van der Waals surface area contributed by atoms with Crippen LogP contribution in [0.15, 0.2) is 17.5 Å². The second-order valence-corrected chi connectivity index (χ2v) is 5.33. The minimum atomic E-state index is -1.02. The predicted octanol–water partition coefficient (Wildman–Crippen LogP) is 2.65. The molecule has 0 radical (unpaired) electrons. The molecular formula is C13H15N3O2S. The van der Waals surface area contributed by atoms with Crippen LogP contribution in [0, 0.1) is 13.8 Å². The highest BCUT2D eigenvalue weighted by molar-refractivity contribution is 7.09. The zero-order chi connectivity index (χ0) is 14.0. The van der Waals surface area contributed by atoms with Crippen LogP contribution < -0.4 is 11.1 Å². The highest BCUT2D eigenvalue weighted by Gasteiger charge is 2.11. The van der Waals surface area contributed by atoms with E-state index in [1.54, 1.807) is 24.3 Å². The van der Waals surface area contributed by atoms with Crippen LogP contribution in [0.3, 0.4) is 0 Å². The molecule has 0 unspecified atom stereocenters. The number of nitrogen functional groups attached to an aromatic ring is 1. The molecule has 6 heteroatoms. The van der Waals surface area contributed by atoms with Gasteiger partial charge in [0.05, 0.1) is 22.8 Å². The van der Waals surface area contributed by atoms with E-state index in [0.717, 1.165) is 22.0 Å². The van der Waals surface area contributed by atoms with Crippen molar-refractivity contribution in [2.75, 3.05) is 11.1 Å². The van der Waals surface area contributed by atoms with E-state index in [4.69, 9.17) is 10.8 Å². The highest BCUT2D eigenvalue weighted by Crippen LogP contribution is 2.23. The monoisotopic (exact) mass is 277 g/mol. The number of aryl methyl sites for hydroxylation is 2. The van der Waals surface area contributed by atoms with Crippen molar-refractivity contribution in [3.63, 3.8) is 0 Å². The molecule has 2 rings (SSSR count). The number of benzene rings is 1. The van der Waals surface area contributed by atoms with Gasteiger partial charge in [-0.1, -0.05) is 0 Å². The molecule has 0 aliphatic carbocycles. The van der Waals surface area contributed by atoms with Gasteiger partial charge in [-0.15, -0.1) is 11.3 Å². The number of nitrogens with two attached hydrogens (primary N) is 1. The molecule has 2 aromatic rings. The van der Waals surface area contributed by atoms with E-state index in [-0.39, 0.29) is 5.56 Å². The summed E-state index contributed by atoms with van der Waals surface area (Å²) in [6, 6.07) is 3.38. The third kappa shape index (κ3) is 3.03. The molecule has 0 aliphatic rings. The van der Waals surface area contributed by atoms with Crippen molar-refractivity contribution >= 4 is 28.7 Å². The lowest BCUT2D eigenvalue weighted by atomic mass is 10.1. The fraction of sp³-hybridized carbons (Fsp3) is 0.231. The number of thiazole rings is 1. The summed E-state index contributed by atoms with van der Waals surface area (Å²) in [5.41, 5.74) is 8.59. The van der Waals surface area contributed by atoms with Gasteiger partial charge in [0.25, 0.3) is 0 Å². The van der Waals surface area contributed by atoms with E-state index in [0.29, 0.717) is 12.2 Å². The van der Waals surface area contributed by atoms with Crippen LogP contribution in [0.5, 0.6) is 0 Å². The predicted molar refractivity (Wildman–Crippen MR) is 76.7 cm³/mol. The average molecular weight is 277 g/mol. The topological polar surface area (TPSA) is 88.2 Å². The number of carbonyl (C=O) groups is 1. The third-order valence-electron chi connectivity index (χ3n) is 2.76. The molecule has 0 spiro atoms. The molecule has 1 aromatic carbocycles. The first-order chi connectivity index (χ1) is 8.97. The van der Waals surface area contributed by atoms with E-state index in [2.05, 4.69) is 10.3 Å². The van der Waals surface area contributed by atoms with E-state index >= 15 is 0 Å². The minimum absolute atomic E-state index is 0.122. The van der Waals surface area contributed by atoms with Gasteiger partial charge in [0.2, 0.25) is 0 Å². The number of aromatic carboxylic acids is 1. The van der Waals surface area contributed by atoms with Gasteiger partial charge >= 0.3 is 5.97 Å². The molecular weight excluding hydrogens is 262 g/mol. The number of nitrogens with zero attached hydrogens (tertiary/aromatic N) is 1. The number of nitrogens with one attached hydrogen (secondary N) is 1. The fourth-order valence-electron chi connectivity index (χ4n) is 1.76. The van der Waals surface area contributed by atoms with Crippen LogP contribution in [0.25, 0.3) is 0 Å². The second-order valence-electron chi connectivity index (χ2n) is 4.27. The summed E-state index contributed by atoms with van der Waals surface area (Å²) in [5.74, 6) is -1.02. The quantitative estimate of drug-likeness (QED) is 0.748. The molecule has 0 saturated heterocycles. The summed E-state index contributed by atoms with van der Waals surface area (Å²) in [6.45, 7) is 4.30. The van der Waals surface area contributed by atoms with Crippen LogP contribution in [0.2, 0.25) is 0 Å². The average Bonchev–Trinajstić information content (AvgIpc) is 2.76. The van der Waals surface area contributed by atoms with Crippen LogP contribution >= 0.6 is 11.3 Å². The lowest BCUT2D eigenvalue weighted by molar-refractivity contribution is 0.0698. The standard InChI is InChI=1S/C13H15N3O2S/c1-7-3-9(4-11(12(7)14)13(17)18)15-5-10-6-19-8(2)16-10/h3-4,6,15H,5,14H2,1-2H3,(H,17,18). The minimum Gasteiger partial charge on any atom is -0.478 e. The number of hydrogen-bond donors (Lipinski definition) is 3. The van der Waals surface area contributed by atoms with Crippen LogP contribution in [-0.4, -0.2) is 16.1 Å². The molecule has 0 atom stereocenters. The first-order valence-corrected chi connectivity index (χ1v) is 6.63. The van der Waals surface area contributed by atoms with E-state index in [1.165, 1.54) is 0 Å². The van der Waals surface area contributed by atoms with Crippen LogP contribution in [0.4, 0.5) is 11.4 Å². The number of anilines is 2. The summed E-state index contributed by atoms with van der Waals surface area (Å²) in [7, 11) is 0. The lowest BCUT2D eigenvalue weighted by Crippen LogP contribution is -2.07. The zero-order valence-corrected chi connectivity index (χ0v) is 11.5. The van der Waals surface area contributed by atoms with Gasteiger partial charge in [-0.3, -0.25) is 0 Å². The first kappa shape index (κ1) is 13.4. The van der Waals surface area contributed by atoms with Gasteiger partial charge in [0.15, 0.2) is 0 Å². The van der Waals surface area contributed by atoms with Gasteiger partial charge < -0.3 is 16.2 Å². The number of aromatic nitrogens is 1. The molecule has 4 N–H and O–H groups in total. The van der Waals surface area contributed by atoms with Crippen molar-refractivity contribution in [1.29, 1.82) is 0 Å². The fourth-order valence-corrected chi connectivity index (χ4v) is 2.37. The Labute approximate surface area is 115 Å². The van der Waals surface area contributed by atoms with Gasteiger partial charge in [-0.05, 0) is 31.5 Å². The molecule has 5 nitrogen and oxygen atoms in total. The maximum Gasteiger partial charge on any atom is 0.337 e. The second kappa shape index (κ2) is 5.27. The number of rotatable bonds is 4. The number of carboxylic acid groups (broad SMARTS) is 1. The Kier molecular flexibility index (Phi) is 3.71. The SMILES string of the molecule is Cc1nc(CNc2cc(C)c(N)c(C(=O)O)c2)cs1. The van der Waals surface area contributed by atoms with Crippen LogP contribution in [0.1, 0.15) is 26.6 Å². The Hall–Kier alpha value is -2.08. The maximum absolute atomic E-state index is 11.1. The first-order valence-electron chi connectivity index (χ1n) is 5.75. The normalized spacial score (nSPS) is 10.4. The molecule has 0 amide bonds. The number of hydrogen-bond acceptors (Lipinski definition) is 5. The summed E-state index contributed by atoms with van der Waals surface area (Å²) in [4.78, 5) is 15.4. The molecule has 0 fully saturated rings. The molecule has 100 valence electrons. The summed E-state index contributed by atoms with van der Waals surface area (Å²) >= 11 is 1.59. The molecule has 0 aliphatic heterocycles. The van der Waals surface area contributed by atoms with Crippen molar-refractivity contribution in [1.82, 2.24) is 4.98 Å². The van der Waals surface area contributed by atoms with Crippen molar-refractivity contribution in [3.05, 3.63) is 39.3 Å². The Morgan fingerprint density at radius 1 is 1.47 bits per heavy atom. The van der Waals surface area contributed by atoms with E-state index in [9.17, 15) is 4.79 Å². The van der Waals surface area contributed by atoms with Gasteiger partial charge in [0.1, 0.15) is 0 Å². The van der Waals surface area contributed by atoms with E-state index < -0.39 is 5.97 Å². The van der Waals surface area contributed by atoms with Gasteiger partial charge in [0, 0.05) is 16.8 Å².